The van der Waals surface area contributed by atoms with Crippen LogP contribution >= 0.6 is 0 Å². The zero-order chi connectivity index (χ0) is 37.5. The number of nitrogens with zero attached hydrogens (tertiary/aromatic N) is 8. The van der Waals surface area contributed by atoms with E-state index in [-0.39, 0.29) is 30.7 Å². The Hall–Kier alpha value is -6.33. The molecule has 5 N–H and O–H groups in total. The molecule has 4 aliphatic rings. The summed E-state index contributed by atoms with van der Waals surface area (Å²) in [4.78, 5) is 69.3. The minimum atomic E-state index is -0.549. The number of hydrazine groups is 1. The maximum absolute atomic E-state index is 13.2. The number of hydrogen-bond acceptors (Lipinski definition) is 11. The third-order valence-corrected chi connectivity index (χ3v) is 11.0. The van der Waals surface area contributed by atoms with Crippen molar-refractivity contribution in [2.24, 2.45) is 0 Å². The maximum Gasteiger partial charge on any atom is 0.342 e. The average molecular weight is 744 g/mol. The molecule has 0 aliphatic carbocycles. The summed E-state index contributed by atoms with van der Waals surface area (Å²) in [6.45, 7) is 7.26. The molecule has 17 heteroatoms. The topological polar surface area (TPSA) is 191 Å². The minimum absolute atomic E-state index is 0.179. The lowest BCUT2D eigenvalue weighted by atomic mass is 10.0. The summed E-state index contributed by atoms with van der Waals surface area (Å²) >= 11 is 0. The normalized spacial score (nSPS) is 18.5. The van der Waals surface area contributed by atoms with E-state index in [1.54, 1.807) is 12.4 Å². The highest BCUT2D eigenvalue weighted by molar-refractivity contribution is 6.07. The fourth-order valence-electron chi connectivity index (χ4n) is 8.07. The van der Waals surface area contributed by atoms with Gasteiger partial charge in [0.1, 0.15) is 23.5 Å². The number of anilines is 4. The number of carbonyl (C=O) groups excluding carboxylic acids is 4. The van der Waals surface area contributed by atoms with Gasteiger partial charge in [-0.2, -0.15) is 5.10 Å². The van der Waals surface area contributed by atoms with Crippen LogP contribution in [-0.2, 0) is 17.9 Å². The van der Waals surface area contributed by atoms with E-state index in [9.17, 15) is 19.2 Å². The van der Waals surface area contributed by atoms with Crippen molar-refractivity contribution in [3.8, 4) is 0 Å². The lowest BCUT2D eigenvalue weighted by molar-refractivity contribution is -0.123. The monoisotopic (exact) mass is 743 g/mol. The molecule has 5 aromatic rings. The molecule has 0 spiro atoms. The standard InChI is InChI=1S/C38H41N13O4/c52-32-10-14-50(38(55)45-32)51-22-25-19-24(1-6-29(25)37(51)54)21-47-15-17-49(18-16-47)28-8-12-48(13-9-28)27-4-2-26(3-5-27)43-36(53)33-31(20-42-46-33)44-35-30-7-11-39-34(30)40-23-41-35/h1-7,11,19-20,23,28H,8-10,12-18,21-22H2,(H,42,46)(H,43,53)(H,45,52,55)(H2,39,40,41,44). The SMILES string of the molecule is O=C1CCN(N2Cc3cc(CN4CCN(C5CCN(c6ccc(NC(=O)c7[nH]ncc7Nc7ncnc8[nH]ccc78)cc6)CC5)CC4)ccc3C2=O)C(=O)N1. The first kappa shape index (κ1) is 34.4. The zero-order valence-corrected chi connectivity index (χ0v) is 30.1. The van der Waals surface area contributed by atoms with Crippen LogP contribution in [0.2, 0.25) is 0 Å². The Bertz CT molecular complexity index is 2250. The van der Waals surface area contributed by atoms with Gasteiger partial charge in [0.25, 0.3) is 11.8 Å². The van der Waals surface area contributed by atoms with E-state index in [1.165, 1.54) is 16.3 Å². The van der Waals surface area contributed by atoms with Crippen molar-refractivity contribution in [1.82, 2.24) is 50.3 Å². The summed E-state index contributed by atoms with van der Waals surface area (Å²) in [7, 11) is 0. The third kappa shape index (κ3) is 6.94. The molecule has 3 saturated heterocycles. The van der Waals surface area contributed by atoms with Crippen LogP contribution in [-0.4, -0.2) is 121 Å². The maximum atomic E-state index is 13.2. The summed E-state index contributed by atoms with van der Waals surface area (Å²) in [6.07, 6.45) is 7.16. The number of H-pyrrole nitrogens is 2. The van der Waals surface area contributed by atoms with Crippen molar-refractivity contribution < 1.29 is 19.2 Å². The van der Waals surface area contributed by atoms with Crippen molar-refractivity contribution in [3.05, 3.63) is 89.6 Å². The Balaban J connectivity index is 0.731. The fourth-order valence-corrected chi connectivity index (χ4v) is 8.07. The third-order valence-electron chi connectivity index (χ3n) is 11.0. The Kier molecular flexibility index (Phi) is 9.07. The molecule has 0 saturated carbocycles. The molecule has 2 aromatic carbocycles. The number of fused-ring (bicyclic) bond motifs is 2. The number of benzene rings is 2. The fraction of sp³-hybridized carbons (Fsp3) is 0.342. The predicted octanol–water partition coefficient (Wildman–Crippen LogP) is 3.28. The number of nitrogens with one attached hydrogen (secondary N) is 5. The van der Waals surface area contributed by atoms with Crippen LogP contribution in [0.15, 0.2) is 67.3 Å². The second-order valence-corrected chi connectivity index (χ2v) is 14.4. The molecule has 17 nitrogen and oxygen atoms in total. The summed E-state index contributed by atoms with van der Waals surface area (Å²) in [5.41, 5.74) is 6.01. The first-order chi connectivity index (χ1) is 26.9. The van der Waals surface area contributed by atoms with Gasteiger partial charge in [-0.1, -0.05) is 12.1 Å². The number of aromatic nitrogens is 5. The molecule has 0 bridgehead atoms. The van der Waals surface area contributed by atoms with Gasteiger partial charge in [-0.25, -0.2) is 24.8 Å². The van der Waals surface area contributed by atoms with Gasteiger partial charge in [-0.05, 0) is 60.4 Å². The molecule has 0 unspecified atom stereocenters. The van der Waals surface area contributed by atoms with Crippen LogP contribution < -0.4 is 20.9 Å². The second-order valence-electron chi connectivity index (χ2n) is 14.4. The lowest BCUT2D eigenvalue weighted by Crippen LogP contribution is -2.56. The van der Waals surface area contributed by atoms with E-state index < -0.39 is 6.03 Å². The zero-order valence-electron chi connectivity index (χ0n) is 30.1. The van der Waals surface area contributed by atoms with Crippen LogP contribution in [0.3, 0.4) is 0 Å². The van der Waals surface area contributed by atoms with Crippen molar-refractivity contribution in [2.45, 2.75) is 38.4 Å². The number of carbonyl (C=O) groups is 4. The van der Waals surface area contributed by atoms with E-state index in [0.717, 1.165) is 80.9 Å². The summed E-state index contributed by atoms with van der Waals surface area (Å²) in [5, 5.41) is 18.9. The van der Waals surface area contributed by atoms with Crippen LogP contribution in [0.5, 0.6) is 0 Å². The average Bonchev–Trinajstić information content (AvgIpc) is 3.95. The molecular weight excluding hydrogens is 703 g/mol. The first-order valence-electron chi connectivity index (χ1n) is 18.6. The minimum Gasteiger partial charge on any atom is -0.371 e. The smallest absolute Gasteiger partial charge is 0.342 e. The van der Waals surface area contributed by atoms with Crippen LogP contribution in [0.25, 0.3) is 11.0 Å². The molecule has 3 fully saturated rings. The van der Waals surface area contributed by atoms with Gasteiger partial charge in [0.05, 0.1) is 30.4 Å². The number of imide groups is 1. The van der Waals surface area contributed by atoms with Gasteiger partial charge in [-0.3, -0.25) is 34.6 Å². The number of urea groups is 1. The van der Waals surface area contributed by atoms with Crippen molar-refractivity contribution in [3.63, 3.8) is 0 Å². The Morgan fingerprint density at radius 2 is 1.71 bits per heavy atom. The first-order valence-corrected chi connectivity index (χ1v) is 18.6. The molecule has 282 valence electrons. The highest BCUT2D eigenvalue weighted by atomic mass is 16.2. The van der Waals surface area contributed by atoms with Crippen LogP contribution in [0.1, 0.15) is 51.2 Å². The largest absolute Gasteiger partial charge is 0.371 e. The van der Waals surface area contributed by atoms with Gasteiger partial charge in [-0.15, -0.1) is 0 Å². The van der Waals surface area contributed by atoms with Gasteiger partial charge in [0.15, 0.2) is 0 Å². The Labute approximate surface area is 316 Å². The number of hydrogen-bond donors (Lipinski definition) is 5. The van der Waals surface area contributed by atoms with E-state index >= 15 is 0 Å². The molecule has 4 aliphatic heterocycles. The van der Waals surface area contributed by atoms with Gasteiger partial charge >= 0.3 is 6.03 Å². The Morgan fingerprint density at radius 3 is 2.51 bits per heavy atom. The van der Waals surface area contributed by atoms with E-state index in [1.807, 2.05) is 30.3 Å². The summed E-state index contributed by atoms with van der Waals surface area (Å²) in [5.74, 6) is -0.265. The highest BCUT2D eigenvalue weighted by Gasteiger charge is 2.37. The molecule has 0 radical (unpaired) electrons. The van der Waals surface area contributed by atoms with Gasteiger partial charge in [0, 0.05) is 81.4 Å². The van der Waals surface area contributed by atoms with E-state index in [4.69, 9.17) is 0 Å². The predicted molar refractivity (Wildman–Crippen MR) is 203 cm³/mol. The molecule has 7 heterocycles. The van der Waals surface area contributed by atoms with Crippen LogP contribution in [0, 0.1) is 0 Å². The van der Waals surface area contributed by atoms with Crippen LogP contribution in [0.4, 0.5) is 27.7 Å². The molecule has 0 atom stereocenters. The molecule has 55 heavy (non-hydrogen) atoms. The van der Waals surface area contributed by atoms with E-state index in [2.05, 4.69) is 74.0 Å². The quantitative estimate of drug-likeness (QED) is 0.149. The van der Waals surface area contributed by atoms with Crippen molar-refractivity contribution >= 4 is 57.7 Å². The van der Waals surface area contributed by atoms with E-state index in [0.29, 0.717) is 46.7 Å². The summed E-state index contributed by atoms with van der Waals surface area (Å²) in [6, 6.07) is 15.8. The summed E-state index contributed by atoms with van der Waals surface area (Å²) < 4.78 is 0. The van der Waals surface area contributed by atoms with Crippen molar-refractivity contribution in [2.75, 3.05) is 61.3 Å². The molecule has 5 amide bonds. The number of amides is 5. The van der Waals surface area contributed by atoms with Crippen molar-refractivity contribution in [1.29, 1.82) is 0 Å². The lowest BCUT2D eigenvalue weighted by Gasteiger charge is -2.43. The molecular formula is C38H41N13O4. The number of rotatable bonds is 9. The second kappa shape index (κ2) is 14.5. The van der Waals surface area contributed by atoms with Gasteiger partial charge in [0.2, 0.25) is 5.91 Å². The molecule has 3 aromatic heterocycles. The molecule has 9 rings (SSSR count). The number of piperazine rings is 1. The highest BCUT2D eigenvalue weighted by Crippen LogP contribution is 2.29. The van der Waals surface area contributed by atoms with Gasteiger partial charge < -0.3 is 20.5 Å². The number of piperidine rings is 1. The number of aromatic amines is 2. The Morgan fingerprint density at radius 1 is 0.891 bits per heavy atom.